The van der Waals surface area contributed by atoms with Crippen LogP contribution in [0.5, 0.6) is 5.75 Å². The highest BCUT2D eigenvalue weighted by atomic mass is 32.1. The molecule has 1 aromatic carbocycles. The van der Waals surface area contributed by atoms with E-state index in [0.29, 0.717) is 5.75 Å². The molecule has 0 saturated heterocycles. The minimum atomic E-state index is 0.366. The lowest BCUT2D eigenvalue weighted by molar-refractivity contribution is 0.470. The maximum Gasteiger partial charge on any atom is 0.118 e. The van der Waals surface area contributed by atoms with Gasteiger partial charge in [0.1, 0.15) is 5.75 Å². The van der Waals surface area contributed by atoms with E-state index < -0.39 is 0 Å². The van der Waals surface area contributed by atoms with Crippen LogP contribution in [0.15, 0.2) is 29.6 Å². The van der Waals surface area contributed by atoms with Crippen LogP contribution in [0.1, 0.15) is 21.6 Å². The van der Waals surface area contributed by atoms with E-state index in [1.807, 2.05) is 26.0 Å². The molecule has 0 spiro atoms. The number of aromatic hydroxyl groups is 1. The second kappa shape index (κ2) is 4.54. The molecule has 2 heteroatoms. The number of rotatable bonds is 2. The Morgan fingerprint density at radius 2 is 1.88 bits per heavy atom. The fourth-order valence-electron chi connectivity index (χ4n) is 1.57. The first-order valence-electron chi connectivity index (χ1n) is 5.19. The summed E-state index contributed by atoms with van der Waals surface area (Å²) in [7, 11) is 0. The van der Waals surface area contributed by atoms with Gasteiger partial charge in [0.15, 0.2) is 0 Å². The highest BCUT2D eigenvalue weighted by molar-refractivity contribution is 7.10. The van der Waals surface area contributed by atoms with E-state index in [1.54, 1.807) is 17.4 Å². The van der Waals surface area contributed by atoms with Crippen LogP contribution in [0.4, 0.5) is 0 Å². The topological polar surface area (TPSA) is 20.2 Å². The van der Waals surface area contributed by atoms with E-state index in [1.165, 1.54) is 4.88 Å². The van der Waals surface area contributed by atoms with Crippen LogP contribution in [-0.4, -0.2) is 5.11 Å². The Bertz CT molecular complexity index is 510. The van der Waals surface area contributed by atoms with Crippen LogP contribution in [-0.2, 0) is 0 Å². The van der Waals surface area contributed by atoms with Gasteiger partial charge in [-0.3, -0.25) is 0 Å². The first-order chi connectivity index (χ1) is 7.68. The molecule has 16 heavy (non-hydrogen) atoms. The maximum atomic E-state index is 9.55. The van der Waals surface area contributed by atoms with Gasteiger partial charge in [-0.25, -0.2) is 0 Å². The number of thiophene rings is 1. The zero-order chi connectivity index (χ0) is 11.5. The van der Waals surface area contributed by atoms with Gasteiger partial charge in [-0.15, -0.1) is 11.3 Å². The summed E-state index contributed by atoms with van der Waals surface area (Å²) in [5.41, 5.74) is 3.24. The van der Waals surface area contributed by atoms with E-state index in [9.17, 15) is 5.11 Å². The van der Waals surface area contributed by atoms with Crippen molar-refractivity contribution in [1.29, 1.82) is 0 Å². The zero-order valence-electron chi connectivity index (χ0n) is 9.40. The van der Waals surface area contributed by atoms with E-state index in [0.717, 1.165) is 16.7 Å². The number of phenols is 1. The molecule has 1 heterocycles. The molecule has 0 radical (unpaired) electrons. The maximum absolute atomic E-state index is 9.55. The zero-order valence-corrected chi connectivity index (χ0v) is 10.2. The molecule has 0 amide bonds. The fourth-order valence-corrected chi connectivity index (χ4v) is 2.18. The number of hydrogen-bond acceptors (Lipinski definition) is 2. The molecule has 0 saturated carbocycles. The molecule has 0 aliphatic rings. The van der Waals surface area contributed by atoms with Gasteiger partial charge < -0.3 is 5.11 Å². The highest BCUT2D eigenvalue weighted by Gasteiger charge is 2.02. The lowest BCUT2D eigenvalue weighted by Gasteiger charge is -2.06. The van der Waals surface area contributed by atoms with E-state index in [2.05, 4.69) is 23.6 Å². The number of benzene rings is 1. The summed E-state index contributed by atoms with van der Waals surface area (Å²) < 4.78 is 0. The fraction of sp³-hybridized carbons (Fsp3) is 0.143. The second-order valence-electron chi connectivity index (χ2n) is 3.77. The quantitative estimate of drug-likeness (QED) is 0.818. The molecule has 1 aromatic heterocycles. The summed E-state index contributed by atoms with van der Waals surface area (Å²) >= 11 is 1.72. The number of phenolic OH excluding ortho intramolecular Hbond substituents is 1. The van der Waals surface area contributed by atoms with Crippen molar-refractivity contribution in [3.63, 3.8) is 0 Å². The van der Waals surface area contributed by atoms with Crippen molar-refractivity contribution in [3.05, 3.63) is 51.2 Å². The van der Waals surface area contributed by atoms with Gasteiger partial charge in [-0.1, -0.05) is 18.2 Å². The van der Waals surface area contributed by atoms with Crippen molar-refractivity contribution >= 4 is 23.5 Å². The summed E-state index contributed by atoms with van der Waals surface area (Å²) in [5.74, 6) is 0.366. The monoisotopic (exact) mass is 230 g/mol. The van der Waals surface area contributed by atoms with Crippen molar-refractivity contribution in [3.8, 4) is 5.75 Å². The molecule has 0 fully saturated rings. The van der Waals surface area contributed by atoms with Gasteiger partial charge in [0.05, 0.1) is 0 Å². The van der Waals surface area contributed by atoms with Gasteiger partial charge in [0, 0.05) is 4.88 Å². The van der Waals surface area contributed by atoms with Crippen molar-refractivity contribution in [2.75, 3.05) is 0 Å². The molecule has 1 nitrogen and oxygen atoms in total. The van der Waals surface area contributed by atoms with Crippen molar-refractivity contribution < 1.29 is 5.11 Å². The van der Waals surface area contributed by atoms with Gasteiger partial charge in [0.25, 0.3) is 0 Å². The molecule has 2 aromatic rings. The third-order valence-corrected chi connectivity index (χ3v) is 3.61. The standard InChI is InChI=1S/C14H14OS/c1-10-11(2)14(15)8-6-12(10)5-7-13-4-3-9-16-13/h3-9,15H,1-2H3. The second-order valence-corrected chi connectivity index (χ2v) is 4.75. The Kier molecular flexibility index (Phi) is 3.11. The van der Waals surface area contributed by atoms with Crippen molar-refractivity contribution in [2.45, 2.75) is 13.8 Å². The van der Waals surface area contributed by atoms with Gasteiger partial charge in [-0.2, -0.15) is 0 Å². The summed E-state index contributed by atoms with van der Waals surface area (Å²) in [4.78, 5) is 1.24. The predicted molar refractivity (Wildman–Crippen MR) is 70.8 cm³/mol. The normalized spacial score (nSPS) is 11.1. The van der Waals surface area contributed by atoms with E-state index >= 15 is 0 Å². The summed E-state index contributed by atoms with van der Waals surface area (Å²) in [6, 6.07) is 7.82. The molecule has 2 rings (SSSR count). The molecule has 0 aliphatic heterocycles. The predicted octanol–water partition coefficient (Wildman–Crippen LogP) is 4.24. The smallest absolute Gasteiger partial charge is 0.118 e. The Labute approximate surface area is 99.7 Å². The molecule has 0 aliphatic carbocycles. The van der Waals surface area contributed by atoms with Crippen LogP contribution in [0.3, 0.4) is 0 Å². The van der Waals surface area contributed by atoms with Gasteiger partial charge in [-0.05, 0) is 54.1 Å². The van der Waals surface area contributed by atoms with Crippen LogP contribution in [0.2, 0.25) is 0 Å². The lowest BCUT2D eigenvalue weighted by Crippen LogP contribution is -1.86. The Morgan fingerprint density at radius 1 is 1.06 bits per heavy atom. The molecule has 0 atom stereocenters. The van der Waals surface area contributed by atoms with Crippen molar-refractivity contribution in [1.82, 2.24) is 0 Å². The molecular weight excluding hydrogens is 216 g/mol. The van der Waals surface area contributed by atoms with Crippen LogP contribution >= 0.6 is 11.3 Å². The van der Waals surface area contributed by atoms with E-state index in [-0.39, 0.29) is 0 Å². The Morgan fingerprint density at radius 3 is 2.56 bits per heavy atom. The minimum Gasteiger partial charge on any atom is -0.508 e. The first-order valence-corrected chi connectivity index (χ1v) is 6.07. The van der Waals surface area contributed by atoms with Crippen LogP contribution < -0.4 is 0 Å². The molecule has 0 bridgehead atoms. The SMILES string of the molecule is Cc1c(O)ccc(C=Cc2cccs2)c1C. The third kappa shape index (κ3) is 2.17. The number of hydrogen-bond donors (Lipinski definition) is 1. The summed E-state index contributed by atoms with van der Waals surface area (Å²) in [5, 5.41) is 11.6. The summed E-state index contributed by atoms with van der Waals surface area (Å²) in [6.45, 7) is 3.97. The largest absolute Gasteiger partial charge is 0.508 e. The Balaban J connectivity index is 2.32. The van der Waals surface area contributed by atoms with Gasteiger partial charge in [0.2, 0.25) is 0 Å². The molecule has 1 N–H and O–H groups in total. The van der Waals surface area contributed by atoms with Crippen LogP contribution in [0, 0.1) is 13.8 Å². The Hall–Kier alpha value is -1.54. The average Bonchev–Trinajstić information content (AvgIpc) is 2.78. The van der Waals surface area contributed by atoms with Gasteiger partial charge >= 0.3 is 0 Å². The third-order valence-electron chi connectivity index (χ3n) is 2.77. The lowest BCUT2D eigenvalue weighted by atomic mass is 10.0. The van der Waals surface area contributed by atoms with E-state index in [4.69, 9.17) is 0 Å². The first kappa shape index (κ1) is 11.0. The average molecular weight is 230 g/mol. The molecule has 0 unspecified atom stereocenters. The minimum absolute atomic E-state index is 0.366. The van der Waals surface area contributed by atoms with Crippen LogP contribution in [0.25, 0.3) is 12.2 Å². The highest BCUT2D eigenvalue weighted by Crippen LogP contribution is 2.24. The summed E-state index contributed by atoms with van der Waals surface area (Å²) in [6.07, 6.45) is 4.19. The van der Waals surface area contributed by atoms with Crippen molar-refractivity contribution in [2.24, 2.45) is 0 Å². The molecule has 82 valence electrons. The molecular formula is C14H14OS.